The molecule has 0 saturated heterocycles. The van der Waals surface area contributed by atoms with Gasteiger partial charge < -0.3 is 20.9 Å². The van der Waals surface area contributed by atoms with E-state index in [1.54, 1.807) is 0 Å². The van der Waals surface area contributed by atoms with Crippen LogP contribution >= 0.6 is 12.4 Å². The smallest absolute Gasteiger partial charge is 0.253 e. The molecular formula is C27H37ClN4O2. The second kappa shape index (κ2) is 11.7. The van der Waals surface area contributed by atoms with Crippen molar-refractivity contribution in [3.8, 4) is 0 Å². The highest BCUT2D eigenvalue weighted by Crippen LogP contribution is 2.32. The Kier molecular flexibility index (Phi) is 8.97. The van der Waals surface area contributed by atoms with E-state index in [1.807, 2.05) is 25.1 Å². The fraction of sp³-hybridized carbons (Fsp3) is 0.481. The number of hydrogen-bond acceptors (Lipinski definition) is 4. The number of H-pyrrole nitrogens is 1. The van der Waals surface area contributed by atoms with Crippen LogP contribution in [0.3, 0.4) is 0 Å². The summed E-state index contributed by atoms with van der Waals surface area (Å²) in [5.41, 5.74) is 11.4. The maximum Gasteiger partial charge on any atom is 0.253 e. The van der Waals surface area contributed by atoms with E-state index in [0.29, 0.717) is 29.6 Å². The van der Waals surface area contributed by atoms with E-state index < -0.39 is 0 Å². The first-order chi connectivity index (χ1) is 16.0. The van der Waals surface area contributed by atoms with Crippen molar-refractivity contribution in [1.29, 1.82) is 0 Å². The van der Waals surface area contributed by atoms with Gasteiger partial charge in [-0.25, -0.2) is 0 Å². The van der Waals surface area contributed by atoms with Crippen molar-refractivity contribution in [2.24, 2.45) is 5.73 Å². The number of aromatic nitrogens is 1. The third kappa shape index (κ3) is 5.73. The van der Waals surface area contributed by atoms with Gasteiger partial charge in [0.15, 0.2) is 0 Å². The zero-order valence-electron chi connectivity index (χ0n) is 20.2. The van der Waals surface area contributed by atoms with Gasteiger partial charge >= 0.3 is 0 Å². The molecule has 1 aliphatic carbocycles. The number of rotatable bonds is 3. The van der Waals surface area contributed by atoms with Gasteiger partial charge in [-0.1, -0.05) is 18.2 Å². The molecule has 1 amide bonds. The van der Waals surface area contributed by atoms with E-state index in [1.165, 1.54) is 0 Å². The number of benzene rings is 1. The van der Waals surface area contributed by atoms with Crippen LogP contribution in [0.2, 0.25) is 0 Å². The number of carbonyl (C=O) groups is 1. The van der Waals surface area contributed by atoms with Gasteiger partial charge in [-0.15, -0.1) is 12.4 Å². The molecule has 4 rings (SSSR count). The van der Waals surface area contributed by atoms with Gasteiger partial charge in [0.05, 0.1) is 0 Å². The highest BCUT2D eigenvalue weighted by Gasteiger charge is 2.26. The third-order valence-corrected chi connectivity index (χ3v) is 7.09. The summed E-state index contributed by atoms with van der Waals surface area (Å²) in [7, 11) is 0. The van der Waals surface area contributed by atoms with Gasteiger partial charge in [0.1, 0.15) is 0 Å². The Morgan fingerprint density at radius 3 is 2.59 bits per heavy atom. The number of allylic oxidation sites excluding steroid dienone is 2. The largest absolute Gasteiger partial charge is 0.369 e. The highest BCUT2D eigenvalue weighted by molar-refractivity contribution is 5.97. The molecule has 0 atom stereocenters. The number of nitrogens with zero attached hydrogens (tertiary/aromatic N) is 1. The number of amides is 1. The van der Waals surface area contributed by atoms with Crippen LogP contribution in [0.15, 0.2) is 41.2 Å². The summed E-state index contributed by atoms with van der Waals surface area (Å²) >= 11 is 0. The average Bonchev–Trinajstić information content (AvgIpc) is 2.79. The number of anilines is 1. The van der Waals surface area contributed by atoms with Crippen molar-refractivity contribution in [2.75, 3.05) is 11.4 Å². The monoisotopic (exact) mass is 484 g/mol. The molecule has 1 aromatic heterocycles. The fourth-order valence-electron chi connectivity index (χ4n) is 5.33. The molecule has 2 aromatic rings. The Morgan fingerprint density at radius 2 is 1.85 bits per heavy atom. The molecule has 2 aliphatic rings. The van der Waals surface area contributed by atoms with Crippen molar-refractivity contribution in [2.45, 2.75) is 77.4 Å². The number of aromatic amines is 1. The zero-order chi connectivity index (χ0) is 23.4. The fourth-order valence-corrected chi connectivity index (χ4v) is 5.33. The summed E-state index contributed by atoms with van der Waals surface area (Å²) in [6, 6.07) is 8.79. The average molecular weight is 485 g/mol. The number of halogens is 1. The van der Waals surface area contributed by atoms with Crippen LogP contribution in [0.4, 0.5) is 5.69 Å². The summed E-state index contributed by atoms with van der Waals surface area (Å²) in [4.78, 5) is 31.2. The maximum atomic E-state index is 13.3. The number of nitrogens with two attached hydrogens (primary N) is 1. The molecule has 1 saturated carbocycles. The Balaban J connectivity index is 0.00000324. The topological polar surface area (TPSA) is 91.2 Å². The third-order valence-electron chi connectivity index (χ3n) is 7.09. The predicted octanol–water partition coefficient (Wildman–Crippen LogP) is 4.18. The molecule has 34 heavy (non-hydrogen) atoms. The molecule has 1 aromatic carbocycles. The van der Waals surface area contributed by atoms with E-state index in [0.717, 1.165) is 67.6 Å². The van der Waals surface area contributed by atoms with Gasteiger partial charge in [0, 0.05) is 47.7 Å². The van der Waals surface area contributed by atoms with Crippen LogP contribution < -0.4 is 21.5 Å². The predicted molar refractivity (Wildman–Crippen MR) is 141 cm³/mol. The lowest BCUT2D eigenvalue weighted by atomic mass is 9.89. The quantitative estimate of drug-likeness (QED) is 0.570. The molecule has 184 valence electrons. The van der Waals surface area contributed by atoms with E-state index in [9.17, 15) is 9.59 Å². The maximum absolute atomic E-state index is 13.3. The zero-order valence-corrected chi connectivity index (χ0v) is 21.0. The molecule has 6 nitrogen and oxygen atoms in total. The number of carbonyl (C=O) groups excluding carboxylic acids is 1. The van der Waals surface area contributed by atoms with E-state index in [-0.39, 0.29) is 30.4 Å². The highest BCUT2D eigenvalue weighted by atomic mass is 35.5. The van der Waals surface area contributed by atoms with Crippen LogP contribution in [-0.4, -0.2) is 29.5 Å². The van der Waals surface area contributed by atoms with Gasteiger partial charge in [0.2, 0.25) is 0 Å². The molecule has 4 N–H and O–H groups in total. The van der Waals surface area contributed by atoms with E-state index in [2.05, 4.69) is 40.3 Å². The molecule has 1 aliphatic heterocycles. The van der Waals surface area contributed by atoms with Crippen LogP contribution in [0.25, 0.3) is 0 Å². The Labute approximate surface area is 208 Å². The lowest BCUT2D eigenvalue weighted by Crippen LogP contribution is -2.41. The second-order valence-corrected chi connectivity index (χ2v) is 9.34. The molecular weight excluding hydrogens is 448 g/mol. The number of fused-ring (bicyclic) bond motifs is 2. The SMILES string of the molecule is CCN(c1cccc2c1C/C=C\CCc1cc(C)[nH]c(=O)c1CNC2=O)C1CCC(N)CC1.Cl. The second-order valence-electron chi connectivity index (χ2n) is 9.34. The number of aryl methyl sites for hydroxylation is 2. The Morgan fingerprint density at radius 1 is 1.09 bits per heavy atom. The Bertz CT molecular complexity index is 1090. The summed E-state index contributed by atoms with van der Waals surface area (Å²) in [6.45, 7) is 5.20. The first kappa shape index (κ1) is 26.0. The van der Waals surface area contributed by atoms with E-state index in [4.69, 9.17) is 5.73 Å². The Hall–Kier alpha value is -2.57. The standard InChI is InChI=1S/C27H36N4O2.ClH/c1-3-31(21-14-12-20(28)13-15-21)25-11-7-10-23-22(25)9-6-4-5-8-19-16-18(2)30-27(33)24(19)17-29-26(23)32;/h4,6-7,10-11,16,20-21H,3,5,8-9,12-15,17,28H2,1-2H3,(H,29,32)(H,30,33);1H/b6-4-;. The first-order valence-electron chi connectivity index (χ1n) is 12.3. The summed E-state index contributed by atoms with van der Waals surface area (Å²) in [5, 5.41) is 3.02. The minimum absolute atomic E-state index is 0. The van der Waals surface area contributed by atoms with Crippen LogP contribution in [0.5, 0.6) is 0 Å². The van der Waals surface area contributed by atoms with Gasteiger partial charge in [0.25, 0.3) is 11.5 Å². The molecule has 7 heteroatoms. The molecule has 0 bridgehead atoms. The number of nitrogens with one attached hydrogen (secondary N) is 2. The van der Waals surface area contributed by atoms with Gasteiger partial charge in [-0.2, -0.15) is 0 Å². The van der Waals surface area contributed by atoms with Crippen LogP contribution in [-0.2, 0) is 19.4 Å². The number of pyridine rings is 1. The van der Waals surface area contributed by atoms with Gasteiger partial charge in [-0.05, 0) is 88.1 Å². The minimum atomic E-state index is -0.131. The molecule has 0 radical (unpaired) electrons. The van der Waals surface area contributed by atoms with Crippen molar-refractivity contribution < 1.29 is 4.79 Å². The lowest BCUT2D eigenvalue weighted by Gasteiger charge is -2.38. The van der Waals surface area contributed by atoms with Gasteiger partial charge in [-0.3, -0.25) is 9.59 Å². The normalized spacial score (nSPS) is 21.6. The summed E-state index contributed by atoms with van der Waals surface area (Å²) in [5.74, 6) is -0.131. The molecule has 0 unspecified atom stereocenters. The number of hydrogen-bond donors (Lipinski definition) is 3. The van der Waals surface area contributed by atoms with Crippen molar-refractivity contribution in [3.05, 3.63) is 74.7 Å². The molecule has 2 heterocycles. The minimum Gasteiger partial charge on any atom is -0.369 e. The lowest BCUT2D eigenvalue weighted by molar-refractivity contribution is 0.0950. The van der Waals surface area contributed by atoms with Crippen molar-refractivity contribution >= 4 is 24.0 Å². The summed E-state index contributed by atoms with van der Waals surface area (Å²) in [6.07, 6.45) is 11.0. The summed E-state index contributed by atoms with van der Waals surface area (Å²) < 4.78 is 0. The molecule has 0 spiro atoms. The molecule has 1 fully saturated rings. The van der Waals surface area contributed by atoms with Crippen molar-refractivity contribution in [1.82, 2.24) is 10.3 Å². The first-order valence-corrected chi connectivity index (χ1v) is 12.3. The van der Waals surface area contributed by atoms with E-state index >= 15 is 0 Å². The van der Waals surface area contributed by atoms with Crippen LogP contribution in [0, 0.1) is 6.92 Å². The van der Waals surface area contributed by atoms with Crippen LogP contribution in [0.1, 0.15) is 71.8 Å². The van der Waals surface area contributed by atoms with Crippen molar-refractivity contribution in [3.63, 3.8) is 0 Å².